The number of carbonyl (C=O) groups is 2. The van der Waals surface area contributed by atoms with E-state index in [0.29, 0.717) is 34.0 Å². The standard InChI is InChI=1S/C27H24N2O6S/c1-34-23-14-22(15-24(16-23)35-2)29-27(31)19-5-4-17-6-9-21(13-20(17)12-19)28-26(30)18-7-10-25(11-8-18)36(3,32)33/h4-16H,1-3H3,(H,28,30)(H,29,31). The number of rotatable bonds is 7. The van der Waals surface area contributed by atoms with E-state index in [4.69, 9.17) is 9.47 Å². The first-order valence-electron chi connectivity index (χ1n) is 10.9. The zero-order chi connectivity index (χ0) is 25.9. The fourth-order valence-electron chi connectivity index (χ4n) is 3.61. The molecule has 0 bridgehead atoms. The molecule has 0 fully saturated rings. The van der Waals surface area contributed by atoms with Crippen molar-refractivity contribution < 1.29 is 27.5 Å². The van der Waals surface area contributed by atoms with E-state index >= 15 is 0 Å². The number of methoxy groups -OCH3 is 2. The molecule has 4 rings (SSSR count). The molecule has 4 aromatic rings. The van der Waals surface area contributed by atoms with E-state index in [0.717, 1.165) is 17.0 Å². The largest absolute Gasteiger partial charge is 0.497 e. The van der Waals surface area contributed by atoms with Crippen LogP contribution in [0.2, 0.25) is 0 Å². The highest BCUT2D eigenvalue weighted by molar-refractivity contribution is 7.90. The van der Waals surface area contributed by atoms with Crippen molar-refractivity contribution in [1.29, 1.82) is 0 Å². The Labute approximate surface area is 208 Å². The Balaban J connectivity index is 1.53. The van der Waals surface area contributed by atoms with Gasteiger partial charge in [0.1, 0.15) is 11.5 Å². The highest BCUT2D eigenvalue weighted by atomic mass is 32.2. The first-order chi connectivity index (χ1) is 17.2. The van der Waals surface area contributed by atoms with Gasteiger partial charge in [0.15, 0.2) is 9.84 Å². The van der Waals surface area contributed by atoms with Gasteiger partial charge < -0.3 is 20.1 Å². The third-order valence-corrected chi connectivity index (χ3v) is 6.64. The summed E-state index contributed by atoms with van der Waals surface area (Å²) < 4.78 is 33.7. The van der Waals surface area contributed by atoms with Crippen molar-refractivity contribution in [2.24, 2.45) is 0 Å². The number of carbonyl (C=O) groups excluding carboxylic acids is 2. The van der Waals surface area contributed by atoms with E-state index in [1.165, 1.54) is 38.5 Å². The molecule has 0 heterocycles. The number of hydrogen-bond donors (Lipinski definition) is 2. The van der Waals surface area contributed by atoms with Gasteiger partial charge in [-0.25, -0.2) is 8.42 Å². The van der Waals surface area contributed by atoms with Gasteiger partial charge in [0.25, 0.3) is 11.8 Å². The van der Waals surface area contributed by atoms with Crippen molar-refractivity contribution in [1.82, 2.24) is 0 Å². The Bertz CT molecular complexity index is 1540. The van der Waals surface area contributed by atoms with E-state index < -0.39 is 9.84 Å². The monoisotopic (exact) mass is 504 g/mol. The fourth-order valence-corrected chi connectivity index (χ4v) is 4.24. The van der Waals surface area contributed by atoms with Crippen LogP contribution in [-0.2, 0) is 9.84 Å². The van der Waals surface area contributed by atoms with E-state index in [9.17, 15) is 18.0 Å². The number of anilines is 2. The van der Waals surface area contributed by atoms with Crippen molar-refractivity contribution in [2.75, 3.05) is 31.1 Å². The Hall–Kier alpha value is -4.37. The number of hydrogen-bond acceptors (Lipinski definition) is 6. The maximum absolute atomic E-state index is 12.9. The van der Waals surface area contributed by atoms with Crippen LogP contribution in [-0.4, -0.2) is 40.7 Å². The molecular formula is C27H24N2O6S. The number of fused-ring (bicyclic) bond motifs is 1. The van der Waals surface area contributed by atoms with Crippen LogP contribution in [0.1, 0.15) is 20.7 Å². The summed E-state index contributed by atoms with van der Waals surface area (Å²) in [5.74, 6) is 0.409. The molecule has 4 aromatic carbocycles. The molecule has 0 saturated carbocycles. The van der Waals surface area contributed by atoms with Crippen molar-refractivity contribution >= 4 is 43.8 Å². The zero-order valence-corrected chi connectivity index (χ0v) is 20.7. The molecular weight excluding hydrogens is 480 g/mol. The number of ether oxygens (including phenoxy) is 2. The molecule has 0 atom stereocenters. The molecule has 0 saturated heterocycles. The first kappa shape index (κ1) is 24.7. The third kappa shape index (κ3) is 5.64. The van der Waals surface area contributed by atoms with Crippen LogP contribution in [0.25, 0.3) is 10.8 Å². The van der Waals surface area contributed by atoms with Crippen LogP contribution in [0, 0.1) is 0 Å². The van der Waals surface area contributed by atoms with Gasteiger partial charge in [-0.15, -0.1) is 0 Å². The number of amides is 2. The summed E-state index contributed by atoms with van der Waals surface area (Å²) in [4.78, 5) is 25.7. The second kappa shape index (κ2) is 10.1. The van der Waals surface area contributed by atoms with Crippen molar-refractivity contribution in [3.8, 4) is 11.5 Å². The van der Waals surface area contributed by atoms with Crippen LogP contribution < -0.4 is 20.1 Å². The summed E-state index contributed by atoms with van der Waals surface area (Å²) in [5, 5.41) is 7.30. The summed E-state index contributed by atoms with van der Waals surface area (Å²) >= 11 is 0. The molecule has 8 nitrogen and oxygen atoms in total. The lowest BCUT2D eigenvalue weighted by atomic mass is 10.1. The lowest BCUT2D eigenvalue weighted by Crippen LogP contribution is -2.12. The first-order valence-corrected chi connectivity index (χ1v) is 12.7. The summed E-state index contributed by atoms with van der Waals surface area (Å²) in [6.45, 7) is 0. The van der Waals surface area contributed by atoms with Crippen molar-refractivity contribution in [3.05, 3.63) is 90.0 Å². The van der Waals surface area contributed by atoms with Gasteiger partial charge in [0, 0.05) is 47.0 Å². The minimum absolute atomic E-state index is 0.142. The van der Waals surface area contributed by atoms with Gasteiger partial charge in [0.05, 0.1) is 19.1 Å². The average Bonchev–Trinajstić information content (AvgIpc) is 2.87. The van der Waals surface area contributed by atoms with Gasteiger partial charge >= 0.3 is 0 Å². The normalized spacial score (nSPS) is 11.1. The third-order valence-electron chi connectivity index (χ3n) is 5.51. The highest BCUT2D eigenvalue weighted by Crippen LogP contribution is 2.27. The van der Waals surface area contributed by atoms with Crippen LogP contribution >= 0.6 is 0 Å². The Morgan fingerprint density at radius 1 is 0.639 bits per heavy atom. The summed E-state index contributed by atoms with van der Waals surface area (Å²) in [5.41, 5.74) is 1.82. The topological polar surface area (TPSA) is 111 Å². The molecule has 0 aliphatic rings. The lowest BCUT2D eigenvalue weighted by Gasteiger charge is -2.11. The van der Waals surface area contributed by atoms with E-state index in [-0.39, 0.29) is 16.7 Å². The minimum atomic E-state index is -3.34. The van der Waals surface area contributed by atoms with E-state index in [2.05, 4.69) is 10.6 Å². The molecule has 0 aliphatic carbocycles. The molecule has 9 heteroatoms. The number of nitrogens with one attached hydrogen (secondary N) is 2. The number of sulfone groups is 1. The summed E-state index contributed by atoms with van der Waals surface area (Å²) in [6, 6.07) is 21.5. The molecule has 0 aromatic heterocycles. The van der Waals surface area contributed by atoms with Gasteiger partial charge in [-0.3, -0.25) is 9.59 Å². The lowest BCUT2D eigenvalue weighted by molar-refractivity contribution is 0.101. The predicted octanol–water partition coefficient (Wildman–Crippen LogP) is 4.77. The second-order valence-corrected chi connectivity index (χ2v) is 10.1. The average molecular weight is 505 g/mol. The molecule has 0 spiro atoms. The van der Waals surface area contributed by atoms with Crippen LogP contribution in [0.4, 0.5) is 11.4 Å². The molecule has 2 amide bonds. The Morgan fingerprint density at radius 3 is 1.81 bits per heavy atom. The Morgan fingerprint density at radius 2 is 1.19 bits per heavy atom. The molecule has 0 radical (unpaired) electrons. The predicted molar refractivity (Wildman–Crippen MR) is 139 cm³/mol. The quantitative estimate of drug-likeness (QED) is 0.375. The van der Waals surface area contributed by atoms with Crippen molar-refractivity contribution in [2.45, 2.75) is 4.90 Å². The zero-order valence-electron chi connectivity index (χ0n) is 19.9. The maximum atomic E-state index is 12.9. The molecule has 0 aliphatic heterocycles. The van der Waals surface area contributed by atoms with E-state index in [1.54, 1.807) is 42.5 Å². The van der Waals surface area contributed by atoms with Gasteiger partial charge in [-0.05, 0) is 59.3 Å². The highest BCUT2D eigenvalue weighted by Gasteiger charge is 2.12. The van der Waals surface area contributed by atoms with Gasteiger partial charge in [-0.1, -0.05) is 12.1 Å². The second-order valence-electron chi connectivity index (χ2n) is 8.08. The van der Waals surface area contributed by atoms with Gasteiger partial charge in [-0.2, -0.15) is 0 Å². The summed E-state index contributed by atoms with van der Waals surface area (Å²) in [7, 11) is -0.279. The smallest absolute Gasteiger partial charge is 0.255 e. The number of benzene rings is 4. The molecule has 36 heavy (non-hydrogen) atoms. The SMILES string of the molecule is COc1cc(NC(=O)c2ccc3ccc(NC(=O)c4ccc(S(C)(=O)=O)cc4)cc3c2)cc(OC)c1. The fraction of sp³-hybridized carbons (Fsp3) is 0.111. The van der Waals surface area contributed by atoms with E-state index in [1.807, 2.05) is 12.1 Å². The van der Waals surface area contributed by atoms with Crippen molar-refractivity contribution in [3.63, 3.8) is 0 Å². The molecule has 184 valence electrons. The minimum Gasteiger partial charge on any atom is -0.497 e. The van der Waals surface area contributed by atoms with Crippen LogP contribution in [0.15, 0.2) is 83.8 Å². The van der Waals surface area contributed by atoms with Gasteiger partial charge in [0.2, 0.25) is 0 Å². The van der Waals surface area contributed by atoms with Crippen LogP contribution in [0.3, 0.4) is 0 Å². The van der Waals surface area contributed by atoms with Crippen LogP contribution in [0.5, 0.6) is 11.5 Å². The molecule has 0 unspecified atom stereocenters. The summed E-state index contributed by atoms with van der Waals surface area (Å²) in [6.07, 6.45) is 1.11. The Kier molecular flexibility index (Phi) is 6.93. The maximum Gasteiger partial charge on any atom is 0.255 e. The molecule has 2 N–H and O–H groups in total.